The highest BCUT2D eigenvalue weighted by Crippen LogP contribution is 2.24. The number of alkyl halides is 3. The molecule has 2 aromatic rings. The monoisotopic (exact) mass is 456 g/mol. The average molecular weight is 456 g/mol. The van der Waals surface area contributed by atoms with Gasteiger partial charge in [-0.05, 0) is 49.1 Å². The Morgan fingerprint density at radius 1 is 1.10 bits per heavy atom. The topological polar surface area (TPSA) is 75.7 Å². The van der Waals surface area contributed by atoms with E-state index in [1.165, 1.54) is 40.7 Å². The molecule has 0 spiro atoms. The first-order chi connectivity index (χ1) is 14.6. The Bertz CT molecular complexity index is 980. The summed E-state index contributed by atoms with van der Waals surface area (Å²) in [5.74, 6) is -0.984. The van der Waals surface area contributed by atoms with Crippen LogP contribution in [0.4, 0.5) is 13.2 Å². The molecule has 1 aliphatic rings. The molecule has 1 unspecified atom stereocenters. The van der Waals surface area contributed by atoms with Crippen molar-refractivity contribution in [2.24, 2.45) is 5.92 Å². The van der Waals surface area contributed by atoms with Gasteiger partial charge in [-0.2, -0.15) is 4.31 Å². The molecule has 1 heterocycles. The van der Waals surface area contributed by atoms with Crippen LogP contribution in [-0.2, 0) is 21.2 Å². The molecule has 3 rings (SSSR count). The minimum absolute atomic E-state index is 0.118. The number of rotatable bonds is 7. The van der Waals surface area contributed by atoms with Gasteiger partial charge in [-0.15, -0.1) is 13.2 Å². The van der Waals surface area contributed by atoms with Crippen molar-refractivity contribution in [2.45, 2.75) is 30.5 Å². The van der Waals surface area contributed by atoms with Gasteiger partial charge >= 0.3 is 6.36 Å². The number of nitrogens with one attached hydrogen (secondary N) is 1. The number of amides is 1. The molecule has 1 aliphatic heterocycles. The van der Waals surface area contributed by atoms with Gasteiger partial charge in [0, 0.05) is 19.6 Å². The van der Waals surface area contributed by atoms with Gasteiger partial charge in [0.05, 0.1) is 10.8 Å². The molecule has 2 aromatic carbocycles. The zero-order chi connectivity index (χ0) is 22.5. The number of carbonyl (C=O) groups is 1. The summed E-state index contributed by atoms with van der Waals surface area (Å²) in [5.41, 5.74) is 0.742. The molecule has 1 N–H and O–H groups in total. The van der Waals surface area contributed by atoms with Crippen LogP contribution in [0.3, 0.4) is 0 Å². The molecule has 0 radical (unpaired) electrons. The Hall–Kier alpha value is -2.59. The Labute approximate surface area is 179 Å². The van der Waals surface area contributed by atoms with Crippen molar-refractivity contribution >= 4 is 15.9 Å². The number of hydrogen-bond donors (Lipinski definition) is 1. The van der Waals surface area contributed by atoms with Crippen LogP contribution in [0.2, 0.25) is 0 Å². The molecule has 1 atom stereocenters. The zero-order valence-electron chi connectivity index (χ0n) is 16.6. The summed E-state index contributed by atoms with van der Waals surface area (Å²) in [6.45, 7) is 0.778. The number of piperidine rings is 1. The molecule has 0 bridgehead atoms. The summed E-state index contributed by atoms with van der Waals surface area (Å²) in [7, 11) is -3.65. The third-order valence-electron chi connectivity index (χ3n) is 5.01. The molecular formula is C21H23F3N2O4S. The van der Waals surface area contributed by atoms with Crippen molar-refractivity contribution in [3.8, 4) is 5.75 Å². The van der Waals surface area contributed by atoms with Crippen LogP contribution in [-0.4, -0.2) is 44.6 Å². The fourth-order valence-corrected chi connectivity index (χ4v) is 4.99. The fraction of sp³-hybridized carbons (Fsp3) is 0.381. The number of benzene rings is 2. The van der Waals surface area contributed by atoms with Crippen molar-refractivity contribution in [1.29, 1.82) is 0 Å². The average Bonchev–Trinajstić information content (AvgIpc) is 2.74. The standard InChI is InChI=1S/C21H23F3N2O4S/c22-21(23,24)30-18-10-8-16(9-11-18)12-13-25-20(27)17-5-4-14-26(15-17)31(28,29)19-6-2-1-3-7-19/h1-3,6-11,17H,4-5,12-15H2,(H,25,27). The van der Waals surface area contributed by atoms with Gasteiger partial charge in [0.2, 0.25) is 15.9 Å². The van der Waals surface area contributed by atoms with Gasteiger partial charge in [0.1, 0.15) is 5.75 Å². The molecule has 0 aliphatic carbocycles. The molecular weight excluding hydrogens is 433 g/mol. The number of halogens is 3. The van der Waals surface area contributed by atoms with Crippen LogP contribution in [0, 0.1) is 5.92 Å². The lowest BCUT2D eigenvalue weighted by atomic mass is 9.99. The minimum atomic E-state index is -4.74. The van der Waals surface area contributed by atoms with Gasteiger partial charge in [-0.3, -0.25) is 4.79 Å². The van der Waals surface area contributed by atoms with Gasteiger partial charge in [0.25, 0.3) is 0 Å². The van der Waals surface area contributed by atoms with Crippen molar-refractivity contribution in [2.75, 3.05) is 19.6 Å². The lowest BCUT2D eigenvalue weighted by molar-refractivity contribution is -0.274. The zero-order valence-corrected chi connectivity index (χ0v) is 17.5. The Kier molecular flexibility index (Phi) is 7.22. The Morgan fingerprint density at radius 3 is 2.42 bits per heavy atom. The quantitative estimate of drug-likeness (QED) is 0.694. The largest absolute Gasteiger partial charge is 0.573 e. The SMILES string of the molecule is O=C(NCCc1ccc(OC(F)(F)F)cc1)C1CCCN(S(=O)(=O)c2ccccc2)C1. The van der Waals surface area contributed by atoms with Crippen LogP contribution < -0.4 is 10.1 Å². The Balaban J connectivity index is 1.50. The first-order valence-electron chi connectivity index (χ1n) is 9.83. The summed E-state index contributed by atoms with van der Waals surface area (Å²) < 4.78 is 67.3. The normalized spacial score (nSPS) is 17.8. The molecule has 1 saturated heterocycles. The van der Waals surface area contributed by atoms with E-state index in [-0.39, 0.29) is 23.1 Å². The van der Waals surface area contributed by atoms with E-state index in [9.17, 15) is 26.4 Å². The summed E-state index contributed by atoms with van der Waals surface area (Å²) in [6.07, 6.45) is -3.13. The van der Waals surface area contributed by atoms with E-state index in [2.05, 4.69) is 10.1 Å². The van der Waals surface area contributed by atoms with E-state index in [0.717, 1.165) is 5.56 Å². The summed E-state index contributed by atoms with van der Waals surface area (Å²) in [4.78, 5) is 12.7. The van der Waals surface area contributed by atoms with Crippen LogP contribution in [0.15, 0.2) is 59.5 Å². The Morgan fingerprint density at radius 2 is 1.77 bits per heavy atom. The molecule has 168 valence electrons. The van der Waals surface area contributed by atoms with Crippen molar-refractivity contribution < 1.29 is 31.1 Å². The third-order valence-corrected chi connectivity index (χ3v) is 6.89. The van der Waals surface area contributed by atoms with E-state index < -0.39 is 22.3 Å². The first-order valence-corrected chi connectivity index (χ1v) is 11.3. The summed E-state index contributed by atoms with van der Waals surface area (Å²) >= 11 is 0. The lowest BCUT2D eigenvalue weighted by Crippen LogP contribution is -2.45. The van der Waals surface area contributed by atoms with Gasteiger partial charge in [-0.25, -0.2) is 8.42 Å². The third kappa shape index (κ3) is 6.44. The van der Waals surface area contributed by atoms with Crippen LogP contribution in [0.5, 0.6) is 5.75 Å². The summed E-state index contributed by atoms with van der Waals surface area (Å²) in [6, 6.07) is 13.6. The second-order valence-electron chi connectivity index (χ2n) is 7.25. The van der Waals surface area contributed by atoms with Crippen molar-refractivity contribution in [3.05, 3.63) is 60.2 Å². The maximum Gasteiger partial charge on any atom is 0.573 e. The van der Waals surface area contributed by atoms with E-state index >= 15 is 0 Å². The highest BCUT2D eigenvalue weighted by Gasteiger charge is 2.33. The van der Waals surface area contributed by atoms with Gasteiger partial charge in [-0.1, -0.05) is 30.3 Å². The van der Waals surface area contributed by atoms with Gasteiger partial charge < -0.3 is 10.1 Å². The van der Waals surface area contributed by atoms with E-state index in [0.29, 0.717) is 32.4 Å². The highest BCUT2D eigenvalue weighted by molar-refractivity contribution is 7.89. The predicted molar refractivity (Wildman–Crippen MR) is 108 cm³/mol. The minimum Gasteiger partial charge on any atom is -0.406 e. The smallest absolute Gasteiger partial charge is 0.406 e. The molecule has 1 amide bonds. The molecule has 31 heavy (non-hydrogen) atoms. The fourth-order valence-electron chi connectivity index (χ4n) is 3.45. The molecule has 6 nitrogen and oxygen atoms in total. The van der Waals surface area contributed by atoms with E-state index in [1.54, 1.807) is 18.2 Å². The first kappa shape index (κ1) is 23.1. The maximum absolute atomic E-state index is 12.8. The number of nitrogens with zero attached hydrogens (tertiary/aromatic N) is 1. The molecule has 0 saturated carbocycles. The number of hydrogen-bond acceptors (Lipinski definition) is 4. The summed E-state index contributed by atoms with van der Waals surface area (Å²) in [5, 5.41) is 2.79. The van der Waals surface area contributed by atoms with Crippen LogP contribution in [0.1, 0.15) is 18.4 Å². The van der Waals surface area contributed by atoms with Gasteiger partial charge in [0.15, 0.2) is 0 Å². The molecule has 0 aromatic heterocycles. The lowest BCUT2D eigenvalue weighted by Gasteiger charge is -2.31. The van der Waals surface area contributed by atoms with Crippen molar-refractivity contribution in [3.63, 3.8) is 0 Å². The number of sulfonamides is 1. The second kappa shape index (κ2) is 9.69. The van der Waals surface area contributed by atoms with Crippen LogP contribution in [0.25, 0.3) is 0 Å². The van der Waals surface area contributed by atoms with Crippen LogP contribution >= 0.6 is 0 Å². The predicted octanol–water partition coefficient (Wildman–Crippen LogP) is 3.34. The second-order valence-corrected chi connectivity index (χ2v) is 9.19. The van der Waals surface area contributed by atoms with E-state index in [4.69, 9.17) is 0 Å². The van der Waals surface area contributed by atoms with Crippen molar-refractivity contribution in [1.82, 2.24) is 9.62 Å². The van der Waals surface area contributed by atoms with E-state index in [1.807, 2.05) is 0 Å². The maximum atomic E-state index is 12.8. The highest BCUT2D eigenvalue weighted by atomic mass is 32.2. The molecule has 10 heteroatoms. The number of ether oxygens (including phenoxy) is 1. The molecule has 1 fully saturated rings. The number of carbonyl (C=O) groups excluding carboxylic acids is 1.